The number of pyridine rings is 1. The molecule has 1 aromatic rings. The number of anilines is 1. The zero-order chi connectivity index (χ0) is 13.7. The highest BCUT2D eigenvalue weighted by molar-refractivity contribution is 5.67. The summed E-state index contributed by atoms with van der Waals surface area (Å²) in [6, 6.07) is 2.83. The molecule has 1 aromatic heterocycles. The molecule has 104 valence electrons. The van der Waals surface area contributed by atoms with E-state index in [4.69, 9.17) is 4.74 Å². The second-order valence-corrected chi connectivity index (χ2v) is 4.52. The molecule has 1 atom stereocenters. The first-order valence-corrected chi connectivity index (χ1v) is 6.48. The van der Waals surface area contributed by atoms with Crippen LogP contribution < -0.4 is 10.6 Å². The van der Waals surface area contributed by atoms with Gasteiger partial charge in [0.15, 0.2) is 11.6 Å². The van der Waals surface area contributed by atoms with Crippen LogP contribution in [0, 0.1) is 11.7 Å². The van der Waals surface area contributed by atoms with Crippen molar-refractivity contribution in [1.82, 2.24) is 10.3 Å². The number of alkyl carbamates (subject to hydrolysis) is 1. The molecule has 1 aliphatic carbocycles. The van der Waals surface area contributed by atoms with E-state index in [1.165, 1.54) is 18.3 Å². The average Bonchev–Trinajstić information content (AvgIpc) is 3.20. The van der Waals surface area contributed by atoms with Crippen LogP contribution in [0.5, 0.6) is 0 Å². The van der Waals surface area contributed by atoms with Crippen molar-refractivity contribution in [3.63, 3.8) is 0 Å². The number of carbonyl (C=O) groups excluding carboxylic acids is 1. The molecule has 2 N–H and O–H groups in total. The lowest BCUT2D eigenvalue weighted by Gasteiger charge is -2.18. The average molecular weight is 267 g/mol. The highest BCUT2D eigenvalue weighted by Gasteiger charge is 2.32. The molecule has 1 amide bonds. The van der Waals surface area contributed by atoms with E-state index in [0.717, 1.165) is 12.8 Å². The Hall–Kier alpha value is -1.85. The molecule has 0 aliphatic heterocycles. The van der Waals surface area contributed by atoms with Crippen molar-refractivity contribution in [3.05, 3.63) is 24.1 Å². The predicted octanol–water partition coefficient (Wildman–Crippen LogP) is 2.16. The van der Waals surface area contributed by atoms with E-state index in [1.54, 1.807) is 6.92 Å². The van der Waals surface area contributed by atoms with Crippen LogP contribution in [0.25, 0.3) is 0 Å². The lowest BCUT2D eigenvalue weighted by Crippen LogP contribution is -2.41. The molecule has 1 aliphatic rings. The van der Waals surface area contributed by atoms with Gasteiger partial charge in [-0.15, -0.1) is 0 Å². The van der Waals surface area contributed by atoms with Crippen LogP contribution in [0.4, 0.5) is 15.0 Å². The minimum atomic E-state index is -0.428. The molecule has 1 heterocycles. The number of hydrogen-bond donors (Lipinski definition) is 2. The molecule has 0 saturated heterocycles. The van der Waals surface area contributed by atoms with Gasteiger partial charge in [-0.05, 0) is 37.8 Å². The fraction of sp³-hybridized carbons (Fsp3) is 0.538. The SMILES string of the molecule is CCOC(=O)N[C@@H](CNc1ncccc1F)C1CC1. The van der Waals surface area contributed by atoms with Crippen molar-refractivity contribution < 1.29 is 13.9 Å². The van der Waals surface area contributed by atoms with Crippen molar-refractivity contribution in [2.45, 2.75) is 25.8 Å². The molecule has 5 nitrogen and oxygen atoms in total. The van der Waals surface area contributed by atoms with Gasteiger partial charge in [0.1, 0.15) is 0 Å². The predicted molar refractivity (Wildman–Crippen MR) is 69.4 cm³/mol. The molecule has 0 bridgehead atoms. The van der Waals surface area contributed by atoms with Gasteiger partial charge >= 0.3 is 6.09 Å². The number of carbonyl (C=O) groups is 1. The van der Waals surface area contributed by atoms with Crippen LogP contribution in [0.1, 0.15) is 19.8 Å². The Balaban J connectivity index is 1.87. The van der Waals surface area contributed by atoms with E-state index in [-0.39, 0.29) is 11.9 Å². The zero-order valence-corrected chi connectivity index (χ0v) is 10.9. The van der Waals surface area contributed by atoms with E-state index < -0.39 is 11.9 Å². The smallest absolute Gasteiger partial charge is 0.407 e. The number of nitrogens with zero attached hydrogens (tertiary/aromatic N) is 1. The lowest BCUT2D eigenvalue weighted by molar-refractivity contribution is 0.147. The summed E-state index contributed by atoms with van der Waals surface area (Å²) in [5.74, 6) is 0.246. The van der Waals surface area contributed by atoms with Crippen molar-refractivity contribution in [2.24, 2.45) is 5.92 Å². The number of halogens is 1. The largest absolute Gasteiger partial charge is 0.450 e. The van der Waals surface area contributed by atoms with Crippen LogP contribution in [0.3, 0.4) is 0 Å². The van der Waals surface area contributed by atoms with Crippen molar-refractivity contribution in [3.8, 4) is 0 Å². The van der Waals surface area contributed by atoms with Crippen LogP contribution in [-0.4, -0.2) is 30.3 Å². The molecule has 6 heteroatoms. The Morgan fingerprint density at radius 2 is 2.42 bits per heavy atom. The molecule has 0 spiro atoms. The Bertz CT molecular complexity index is 438. The molecular weight excluding hydrogens is 249 g/mol. The second-order valence-electron chi connectivity index (χ2n) is 4.52. The topological polar surface area (TPSA) is 63.2 Å². The molecule has 19 heavy (non-hydrogen) atoms. The van der Waals surface area contributed by atoms with E-state index in [2.05, 4.69) is 15.6 Å². The van der Waals surface area contributed by atoms with Crippen molar-refractivity contribution >= 4 is 11.9 Å². The van der Waals surface area contributed by atoms with E-state index >= 15 is 0 Å². The van der Waals surface area contributed by atoms with E-state index in [0.29, 0.717) is 19.1 Å². The Kier molecular flexibility index (Phi) is 4.54. The highest BCUT2D eigenvalue weighted by atomic mass is 19.1. The van der Waals surface area contributed by atoms with Gasteiger partial charge in [-0.3, -0.25) is 0 Å². The summed E-state index contributed by atoms with van der Waals surface area (Å²) in [5.41, 5.74) is 0. The van der Waals surface area contributed by atoms with Gasteiger partial charge in [0.25, 0.3) is 0 Å². The maximum atomic E-state index is 13.4. The lowest BCUT2D eigenvalue weighted by atomic mass is 10.2. The minimum absolute atomic E-state index is 0.0551. The third kappa shape index (κ3) is 4.08. The summed E-state index contributed by atoms with van der Waals surface area (Å²) in [6.07, 6.45) is 3.24. The number of ether oxygens (including phenoxy) is 1. The monoisotopic (exact) mass is 267 g/mol. The minimum Gasteiger partial charge on any atom is -0.450 e. The normalized spacial score (nSPS) is 15.7. The number of nitrogens with one attached hydrogen (secondary N) is 2. The van der Waals surface area contributed by atoms with E-state index in [1.807, 2.05) is 0 Å². The van der Waals surface area contributed by atoms with Gasteiger partial charge in [-0.25, -0.2) is 14.2 Å². The third-order valence-electron chi connectivity index (χ3n) is 3.02. The van der Waals surface area contributed by atoms with Gasteiger partial charge < -0.3 is 15.4 Å². The zero-order valence-electron chi connectivity index (χ0n) is 10.9. The molecule has 0 radical (unpaired) electrons. The highest BCUT2D eigenvalue weighted by Crippen LogP contribution is 2.32. The van der Waals surface area contributed by atoms with Crippen LogP contribution in [0.15, 0.2) is 18.3 Å². The second kappa shape index (κ2) is 6.36. The summed E-state index contributed by atoms with van der Waals surface area (Å²) in [5, 5.41) is 5.72. The first-order chi connectivity index (χ1) is 9.20. The van der Waals surface area contributed by atoms with Gasteiger partial charge in [0, 0.05) is 12.7 Å². The summed E-state index contributed by atoms with van der Waals surface area (Å²) in [7, 11) is 0. The van der Waals surface area contributed by atoms with Gasteiger partial charge in [0.2, 0.25) is 0 Å². The fourth-order valence-electron chi connectivity index (χ4n) is 1.88. The molecule has 2 rings (SSSR count). The molecule has 0 aromatic carbocycles. The van der Waals surface area contributed by atoms with Crippen molar-refractivity contribution in [1.29, 1.82) is 0 Å². The third-order valence-corrected chi connectivity index (χ3v) is 3.02. The van der Waals surface area contributed by atoms with Crippen LogP contribution in [0.2, 0.25) is 0 Å². The molecular formula is C13H18FN3O2. The van der Waals surface area contributed by atoms with Crippen LogP contribution in [-0.2, 0) is 4.74 Å². The summed E-state index contributed by atoms with van der Waals surface area (Å²) in [4.78, 5) is 15.3. The number of rotatable bonds is 6. The Morgan fingerprint density at radius 3 is 3.05 bits per heavy atom. The Labute approximate surface area is 111 Å². The van der Waals surface area contributed by atoms with E-state index in [9.17, 15) is 9.18 Å². The summed E-state index contributed by atoms with van der Waals surface area (Å²) < 4.78 is 18.3. The first kappa shape index (κ1) is 13.6. The van der Waals surface area contributed by atoms with Gasteiger partial charge in [-0.1, -0.05) is 0 Å². The molecule has 1 fully saturated rings. The number of aromatic nitrogens is 1. The maximum Gasteiger partial charge on any atom is 0.407 e. The van der Waals surface area contributed by atoms with Crippen molar-refractivity contribution in [2.75, 3.05) is 18.5 Å². The molecule has 1 saturated carbocycles. The van der Waals surface area contributed by atoms with Gasteiger partial charge in [-0.2, -0.15) is 0 Å². The maximum absolute atomic E-state index is 13.4. The Morgan fingerprint density at radius 1 is 1.63 bits per heavy atom. The fourth-order valence-corrected chi connectivity index (χ4v) is 1.88. The van der Waals surface area contributed by atoms with Gasteiger partial charge in [0.05, 0.1) is 12.6 Å². The number of hydrogen-bond acceptors (Lipinski definition) is 4. The van der Waals surface area contributed by atoms with Crippen LogP contribution >= 0.6 is 0 Å². The first-order valence-electron chi connectivity index (χ1n) is 6.48. The molecule has 0 unspecified atom stereocenters. The standard InChI is InChI=1S/C13H18FN3O2/c1-2-19-13(18)17-11(9-5-6-9)8-16-12-10(14)4-3-7-15-12/h3-4,7,9,11H,2,5-6,8H2,1H3,(H,15,16)(H,17,18)/t11-/m0/s1. The quantitative estimate of drug-likeness (QED) is 0.829. The summed E-state index contributed by atoms with van der Waals surface area (Å²) in [6.45, 7) is 2.54. The summed E-state index contributed by atoms with van der Waals surface area (Å²) >= 11 is 0. The number of amides is 1.